The molecule has 0 unspecified atom stereocenters. The molecule has 4 heteroatoms. The third kappa shape index (κ3) is 4.03. The Morgan fingerprint density at radius 1 is 1.46 bits per heavy atom. The van der Waals surface area contributed by atoms with Crippen molar-refractivity contribution < 1.29 is 4.79 Å². The van der Waals surface area contributed by atoms with Gasteiger partial charge < -0.3 is 0 Å². The molecule has 0 aliphatic carbocycles. The zero-order chi connectivity index (χ0) is 9.68. The van der Waals surface area contributed by atoms with E-state index in [1.807, 2.05) is 6.92 Å². The molecule has 1 heterocycles. The zero-order valence-corrected chi connectivity index (χ0v) is 8.60. The van der Waals surface area contributed by atoms with Gasteiger partial charge in [0, 0.05) is 24.6 Å². The van der Waals surface area contributed by atoms with Crippen molar-refractivity contribution >= 4 is 17.5 Å². The fraction of sp³-hybridized carbons (Fsp3) is 0.444. The van der Waals surface area contributed by atoms with Crippen LogP contribution in [0.3, 0.4) is 0 Å². The molecule has 0 N–H and O–H groups in total. The van der Waals surface area contributed by atoms with Gasteiger partial charge in [0.1, 0.15) is 5.78 Å². The second-order valence-corrected chi connectivity index (χ2v) is 3.91. The second-order valence-electron chi connectivity index (χ2n) is 2.84. The number of thioether (sulfide) groups is 1. The number of hydrogen-bond donors (Lipinski definition) is 0. The molecular weight excluding hydrogens is 184 g/mol. The molecule has 1 aromatic heterocycles. The third-order valence-electron chi connectivity index (χ3n) is 1.44. The average molecular weight is 196 g/mol. The van der Waals surface area contributed by atoms with E-state index >= 15 is 0 Å². The van der Waals surface area contributed by atoms with Crippen LogP contribution >= 0.6 is 11.8 Å². The molecule has 0 bridgehead atoms. The van der Waals surface area contributed by atoms with E-state index in [9.17, 15) is 4.79 Å². The molecule has 3 nitrogen and oxygen atoms in total. The number of rotatable bonds is 4. The number of aryl methyl sites for hydroxylation is 1. The molecule has 1 aromatic rings. The zero-order valence-electron chi connectivity index (χ0n) is 7.78. The van der Waals surface area contributed by atoms with E-state index in [1.54, 1.807) is 19.3 Å². The third-order valence-corrected chi connectivity index (χ3v) is 2.32. The Morgan fingerprint density at radius 2 is 2.08 bits per heavy atom. The van der Waals surface area contributed by atoms with Gasteiger partial charge in [-0.15, -0.1) is 0 Å². The van der Waals surface area contributed by atoms with Crippen molar-refractivity contribution in [3.63, 3.8) is 0 Å². The molecule has 0 fully saturated rings. The SMILES string of the molecule is CC(=O)CCSc1ncc(C)cn1. The average Bonchev–Trinajstić information content (AvgIpc) is 2.08. The van der Waals surface area contributed by atoms with Crippen molar-refractivity contribution in [1.29, 1.82) is 0 Å². The number of hydrogen-bond acceptors (Lipinski definition) is 4. The number of Topliss-reactive ketones (excluding diaryl/α,β-unsaturated/α-hetero) is 1. The molecule has 0 saturated heterocycles. The lowest BCUT2D eigenvalue weighted by molar-refractivity contribution is -0.116. The highest BCUT2D eigenvalue weighted by Crippen LogP contribution is 2.12. The van der Waals surface area contributed by atoms with Crippen LogP contribution in [0.4, 0.5) is 0 Å². The molecule has 0 amide bonds. The van der Waals surface area contributed by atoms with Crippen LogP contribution in [-0.2, 0) is 4.79 Å². The number of nitrogens with zero attached hydrogens (tertiary/aromatic N) is 2. The van der Waals surface area contributed by atoms with Gasteiger partial charge >= 0.3 is 0 Å². The minimum absolute atomic E-state index is 0.208. The molecule has 0 aromatic carbocycles. The van der Waals surface area contributed by atoms with Crippen molar-refractivity contribution in [2.24, 2.45) is 0 Å². The van der Waals surface area contributed by atoms with Gasteiger partial charge in [-0.1, -0.05) is 11.8 Å². The van der Waals surface area contributed by atoms with Crippen molar-refractivity contribution in [3.05, 3.63) is 18.0 Å². The number of carbonyl (C=O) groups excluding carboxylic acids is 1. The first kappa shape index (κ1) is 10.2. The Morgan fingerprint density at radius 3 is 2.62 bits per heavy atom. The topological polar surface area (TPSA) is 42.9 Å². The van der Waals surface area contributed by atoms with Gasteiger partial charge in [-0.3, -0.25) is 4.79 Å². The fourth-order valence-electron chi connectivity index (χ4n) is 0.741. The summed E-state index contributed by atoms with van der Waals surface area (Å²) in [4.78, 5) is 18.9. The van der Waals surface area contributed by atoms with Gasteiger partial charge in [-0.05, 0) is 19.4 Å². The summed E-state index contributed by atoms with van der Waals surface area (Å²) in [5, 5.41) is 0.742. The van der Waals surface area contributed by atoms with Crippen LogP contribution in [0.2, 0.25) is 0 Å². The largest absolute Gasteiger partial charge is 0.300 e. The Kier molecular flexibility index (Phi) is 3.89. The van der Waals surface area contributed by atoms with E-state index in [1.165, 1.54) is 11.8 Å². The van der Waals surface area contributed by atoms with Crippen LogP contribution in [0.25, 0.3) is 0 Å². The summed E-state index contributed by atoms with van der Waals surface area (Å²) in [7, 11) is 0. The first-order valence-electron chi connectivity index (χ1n) is 4.09. The summed E-state index contributed by atoms with van der Waals surface area (Å²) in [5.41, 5.74) is 1.05. The monoisotopic (exact) mass is 196 g/mol. The van der Waals surface area contributed by atoms with Crippen LogP contribution in [0.1, 0.15) is 18.9 Å². The summed E-state index contributed by atoms with van der Waals surface area (Å²) in [6.45, 7) is 3.54. The lowest BCUT2D eigenvalue weighted by Crippen LogP contribution is -1.93. The Bertz CT molecular complexity index is 284. The number of ketones is 1. The molecule has 0 aliphatic heterocycles. The fourth-order valence-corrected chi connectivity index (χ4v) is 1.57. The number of carbonyl (C=O) groups is 1. The molecule has 70 valence electrons. The van der Waals surface area contributed by atoms with Crippen LogP contribution in [-0.4, -0.2) is 21.5 Å². The van der Waals surface area contributed by atoms with Crippen LogP contribution in [0.15, 0.2) is 17.6 Å². The smallest absolute Gasteiger partial charge is 0.187 e. The minimum Gasteiger partial charge on any atom is -0.300 e. The van der Waals surface area contributed by atoms with E-state index in [0.29, 0.717) is 6.42 Å². The van der Waals surface area contributed by atoms with Gasteiger partial charge in [0.2, 0.25) is 0 Å². The Balaban J connectivity index is 2.37. The second kappa shape index (κ2) is 4.97. The van der Waals surface area contributed by atoms with E-state index in [-0.39, 0.29) is 5.78 Å². The molecule has 0 saturated carbocycles. The predicted octanol–water partition coefficient (Wildman–Crippen LogP) is 1.86. The highest BCUT2D eigenvalue weighted by Gasteiger charge is 1.98. The summed E-state index contributed by atoms with van der Waals surface area (Å²) >= 11 is 1.51. The molecule has 0 radical (unpaired) electrons. The van der Waals surface area contributed by atoms with Crippen molar-refractivity contribution in [3.8, 4) is 0 Å². The van der Waals surface area contributed by atoms with Crippen LogP contribution in [0.5, 0.6) is 0 Å². The van der Waals surface area contributed by atoms with Crippen LogP contribution in [0, 0.1) is 6.92 Å². The number of aromatic nitrogens is 2. The van der Waals surface area contributed by atoms with E-state index < -0.39 is 0 Å². The highest BCUT2D eigenvalue weighted by molar-refractivity contribution is 7.99. The lowest BCUT2D eigenvalue weighted by atomic mass is 10.4. The Hall–Kier alpha value is -0.900. The summed E-state index contributed by atoms with van der Waals surface area (Å²) in [5.74, 6) is 0.970. The van der Waals surface area contributed by atoms with Crippen LogP contribution < -0.4 is 0 Å². The first-order valence-corrected chi connectivity index (χ1v) is 5.08. The molecule has 0 spiro atoms. The molecule has 0 atom stereocenters. The molecular formula is C9H12N2OS. The van der Waals surface area contributed by atoms with Gasteiger partial charge in [-0.2, -0.15) is 0 Å². The van der Waals surface area contributed by atoms with Gasteiger partial charge in [0.05, 0.1) is 0 Å². The van der Waals surface area contributed by atoms with E-state index in [0.717, 1.165) is 16.5 Å². The predicted molar refractivity (Wildman–Crippen MR) is 52.8 cm³/mol. The standard InChI is InChI=1S/C9H12N2OS/c1-7-5-10-9(11-6-7)13-4-3-8(2)12/h5-6H,3-4H2,1-2H3. The molecule has 13 heavy (non-hydrogen) atoms. The van der Waals surface area contributed by atoms with Crippen molar-refractivity contribution in [2.45, 2.75) is 25.4 Å². The van der Waals surface area contributed by atoms with E-state index in [2.05, 4.69) is 9.97 Å². The van der Waals surface area contributed by atoms with Gasteiger partial charge in [-0.25, -0.2) is 9.97 Å². The van der Waals surface area contributed by atoms with Gasteiger partial charge in [0.15, 0.2) is 5.16 Å². The highest BCUT2D eigenvalue weighted by atomic mass is 32.2. The Labute approximate surface area is 82.0 Å². The summed E-state index contributed by atoms with van der Waals surface area (Å²) < 4.78 is 0. The quantitative estimate of drug-likeness (QED) is 0.544. The maximum absolute atomic E-state index is 10.6. The maximum atomic E-state index is 10.6. The van der Waals surface area contributed by atoms with E-state index in [4.69, 9.17) is 0 Å². The summed E-state index contributed by atoms with van der Waals surface area (Å²) in [6.07, 6.45) is 4.15. The maximum Gasteiger partial charge on any atom is 0.187 e. The first-order chi connectivity index (χ1) is 6.18. The minimum atomic E-state index is 0.208. The van der Waals surface area contributed by atoms with Crippen molar-refractivity contribution in [1.82, 2.24) is 9.97 Å². The van der Waals surface area contributed by atoms with Gasteiger partial charge in [0.25, 0.3) is 0 Å². The lowest BCUT2D eigenvalue weighted by Gasteiger charge is -1.97. The molecule has 1 rings (SSSR count). The molecule has 0 aliphatic rings. The van der Waals surface area contributed by atoms with Crippen molar-refractivity contribution in [2.75, 3.05) is 5.75 Å². The normalized spacial score (nSPS) is 10.0. The summed E-state index contributed by atoms with van der Waals surface area (Å²) in [6, 6.07) is 0.